The fourth-order valence-electron chi connectivity index (χ4n) is 1.91. The number of methoxy groups -OCH3 is 2. The summed E-state index contributed by atoms with van der Waals surface area (Å²) in [6.45, 7) is 1.83. The Morgan fingerprint density at radius 1 is 1.38 bits per heavy atom. The zero-order chi connectivity index (χ0) is 16.0. The van der Waals surface area contributed by atoms with E-state index >= 15 is 0 Å². The van der Waals surface area contributed by atoms with Crippen molar-refractivity contribution in [2.45, 2.75) is 18.2 Å². The molecule has 21 heavy (non-hydrogen) atoms. The van der Waals surface area contributed by atoms with Crippen LogP contribution in [-0.4, -0.2) is 49.4 Å². The highest BCUT2D eigenvalue weighted by Crippen LogP contribution is 2.31. The van der Waals surface area contributed by atoms with Crippen LogP contribution in [0.1, 0.15) is 17.3 Å². The van der Waals surface area contributed by atoms with E-state index in [-0.39, 0.29) is 23.8 Å². The first-order chi connectivity index (χ1) is 9.98. The third-order valence-electron chi connectivity index (χ3n) is 3.20. The van der Waals surface area contributed by atoms with Gasteiger partial charge >= 0.3 is 0 Å². The second-order valence-corrected chi connectivity index (χ2v) is 5.59. The van der Waals surface area contributed by atoms with Gasteiger partial charge in [-0.2, -0.15) is 11.8 Å². The number of hydrogen-bond acceptors (Lipinski definition) is 6. The molecule has 0 heterocycles. The van der Waals surface area contributed by atoms with Crippen molar-refractivity contribution >= 4 is 23.4 Å². The number of anilines is 1. The van der Waals surface area contributed by atoms with Gasteiger partial charge in [-0.1, -0.05) is 0 Å². The number of amides is 1. The van der Waals surface area contributed by atoms with Gasteiger partial charge in [0, 0.05) is 23.0 Å². The minimum absolute atomic E-state index is 0.00989. The van der Waals surface area contributed by atoms with Gasteiger partial charge in [-0.05, 0) is 19.2 Å². The number of thioether (sulfide) groups is 1. The van der Waals surface area contributed by atoms with Crippen molar-refractivity contribution in [1.82, 2.24) is 5.32 Å². The van der Waals surface area contributed by atoms with E-state index < -0.39 is 0 Å². The highest BCUT2D eigenvalue weighted by Gasteiger charge is 2.21. The molecule has 1 aromatic carbocycles. The molecule has 1 aromatic rings. The van der Waals surface area contributed by atoms with Gasteiger partial charge in [-0.3, -0.25) is 4.79 Å². The molecular formula is C14H22N2O4S. The normalized spacial score (nSPS) is 13.4. The summed E-state index contributed by atoms with van der Waals surface area (Å²) in [7, 11) is 3.00. The maximum atomic E-state index is 12.3. The second kappa shape index (κ2) is 7.99. The van der Waals surface area contributed by atoms with Crippen LogP contribution < -0.4 is 20.5 Å². The molecule has 0 aliphatic rings. The predicted octanol–water partition coefficient (Wildman–Crippen LogP) is 1.13. The molecule has 4 N–H and O–H groups in total. The van der Waals surface area contributed by atoms with Crippen LogP contribution in [0.5, 0.6) is 11.5 Å². The standard InChI is InChI=1S/C14H22N2O4S/c1-8(13(7-17)21-4)16-14(18)9-5-11(19-2)12(20-3)6-10(9)15/h5-6,8,13,17H,7,15H2,1-4H3,(H,16,18). The van der Waals surface area contributed by atoms with E-state index in [2.05, 4.69) is 5.32 Å². The minimum atomic E-state index is -0.312. The van der Waals surface area contributed by atoms with Crippen molar-refractivity contribution in [2.75, 3.05) is 32.8 Å². The molecule has 0 spiro atoms. The number of rotatable bonds is 7. The fourth-order valence-corrected chi connectivity index (χ4v) is 2.53. The predicted molar refractivity (Wildman–Crippen MR) is 85.3 cm³/mol. The summed E-state index contributed by atoms with van der Waals surface area (Å²) in [5, 5.41) is 12.0. The summed E-state index contributed by atoms with van der Waals surface area (Å²) in [5.74, 6) is 0.596. The quantitative estimate of drug-likeness (QED) is 0.653. The largest absolute Gasteiger partial charge is 0.493 e. The van der Waals surface area contributed by atoms with Crippen LogP contribution in [0.25, 0.3) is 0 Å². The number of hydrogen-bond donors (Lipinski definition) is 3. The second-order valence-electron chi connectivity index (χ2n) is 4.51. The van der Waals surface area contributed by atoms with Gasteiger partial charge in [0.05, 0.1) is 26.4 Å². The average Bonchev–Trinajstić information content (AvgIpc) is 2.47. The molecule has 6 nitrogen and oxygen atoms in total. The average molecular weight is 314 g/mol. The molecule has 2 unspecified atom stereocenters. The number of aliphatic hydroxyl groups excluding tert-OH is 1. The summed E-state index contributed by atoms with van der Waals surface area (Å²) in [6.07, 6.45) is 1.88. The van der Waals surface area contributed by atoms with Crippen LogP contribution in [0, 0.1) is 0 Å². The number of carbonyl (C=O) groups is 1. The van der Waals surface area contributed by atoms with Crippen molar-refractivity contribution in [2.24, 2.45) is 0 Å². The SMILES string of the molecule is COc1cc(N)c(C(=O)NC(C)C(CO)SC)cc1OC. The van der Waals surface area contributed by atoms with E-state index in [9.17, 15) is 9.90 Å². The van der Waals surface area contributed by atoms with Crippen LogP contribution in [0.2, 0.25) is 0 Å². The maximum absolute atomic E-state index is 12.3. The van der Waals surface area contributed by atoms with Gasteiger partial charge in [0.2, 0.25) is 0 Å². The summed E-state index contributed by atoms with van der Waals surface area (Å²) in [4.78, 5) is 12.3. The van der Waals surface area contributed by atoms with Crippen LogP contribution in [0.15, 0.2) is 12.1 Å². The molecule has 0 saturated carbocycles. The minimum Gasteiger partial charge on any atom is -0.493 e. The zero-order valence-corrected chi connectivity index (χ0v) is 13.5. The van der Waals surface area contributed by atoms with Gasteiger partial charge in [-0.25, -0.2) is 0 Å². The molecule has 0 aliphatic heterocycles. The third kappa shape index (κ3) is 4.18. The molecule has 1 rings (SSSR count). The Bertz CT molecular complexity index is 492. The number of nitrogen functional groups attached to an aromatic ring is 1. The molecule has 7 heteroatoms. The van der Waals surface area contributed by atoms with Gasteiger partial charge in [0.1, 0.15) is 0 Å². The first-order valence-corrected chi connectivity index (χ1v) is 7.73. The Hall–Kier alpha value is -1.60. The summed E-state index contributed by atoms with van der Waals surface area (Å²) < 4.78 is 10.3. The Kier molecular flexibility index (Phi) is 6.64. The van der Waals surface area contributed by atoms with Crippen molar-refractivity contribution in [1.29, 1.82) is 0 Å². The van der Waals surface area contributed by atoms with E-state index in [0.717, 1.165) is 0 Å². The summed E-state index contributed by atoms with van der Waals surface area (Å²) >= 11 is 1.49. The molecule has 0 radical (unpaired) electrons. The molecule has 118 valence electrons. The Morgan fingerprint density at radius 3 is 2.43 bits per heavy atom. The smallest absolute Gasteiger partial charge is 0.253 e. The van der Waals surface area contributed by atoms with Crippen LogP contribution in [-0.2, 0) is 0 Å². The fraction of sp³-hybridized carbons (Fsp3) is 0.500. The highest BCUT2D eigenvalue weighted by molar-refractivity contribution is 7.99. The van der Waals surface area contributed by atoms with Crippen LogP contribution in [0.3, 0.4) is 0 Å². The van der Waals surface area contributed by atoms with Crippen molar-refractivity contribution in [3.05, 3.63) is 17.7 Å². The molecular weight excluding hydrogens is 292 g/mol. The summed E-state index contributed by atoms with van der Waals surface area (Å²) in [6, 6.07) is 2.91. The molecule has 0 bridgehead atoms. The topological polar surface area (TPSA) is 93.8 Å². The number of ether oxygens (including phenoxy) is 2. The first kappa shape index (κ1) is 17.5. The molecule has 1 amide bonds. The molecule has 0 aliphatic carbocycles. The molecule has 2 atom stereocenters. The summed E-state index contributed by atoms with van der Waals surface area (Å²) in [5.41, 5.74) is 6.51. The maximum Gasteiger partial charge on any atom is 0.253 e. The molecule has 0 aromatic heterocycles. The Balaban J connectivity index is 2.97. The Morgan fingerprint density at radius 2 is 1.95 bits per heavy atom. The van der Waals surface area contributed by atoms with Crippen molar-refractivity contribution in [3.63, 3.8) is 0 Å². The van der Waals surface area contributed by atoms with E-state index in [0.29, 0.717) is 22.7 Å². The lowest BCUT2D eigenvalue weighted by molar-refractivity contribution is 0.0936. The van der Waals surface area contributed by atoms with Gasteiger partial charge in [0.15, 0.2) is 11.5 Å². The highest BCUT2D eigenvalue weighted by atomic mass is 32.2. The first-order valence-electron chi connectivity index (χ1n) is 6.44. The lowest BCUT2D eigenvalue weighted by Crippen LogP contribution is -2.41. The number of aliphatic hydroxyl groups is 1. The number of nitrogens with two attached hydrogens (primary N) is 1. The monoisotopic (exact) mass is 314 g/mol. The van der Waals surface area contributed by atoms with Crippen LogP contribution in [0.4, 0.5) is 5.69 Å². The van der Waals surface area contributed by atoms with E-state index in [4.69, 9.17) is 15.2 Å². The number of benzene rings is 1. The molecule has 0 fully saturated rings. The van der Waals surface area contributed by atoms with E-state index in [1.807, 2.05) is 13.2 Å². The lowest BCUT2D eigenvalue weighted by atomic mass is 10.1. The van der Waals surface area contributed by atoms with Crippen molar-refractivity contribution < 1.29 is 19.4 Å². The number of nitrogens with one attached hydrogen (secondary N) is 1. The number of carbonyl (C=O) groups excluding carboxylic acids is 1. The third-order valence-corrected chi connectivity index (χ3v) is 4.36. The van der Waals surface area contributed by atoms with E-state index in [1.54, 1.807) is 12.1 Å². The Labute approximate surface area is 129 Å². The van der Waals surface area contributed by atoms with Gasteiger partial charge in [-0.15, -0.1) is 0 Å². The lowest BCUT2D eigenvalue weighted by Gasteiger charge is -2.22. The zero-order valence-electron chi connectivity index (χ0n) is 12.7. The van der Waals surface area contributed by atoms with Crippen LogP contribution >= 0.6 is 11.8 Å². The molecule has 0 saturated heterocycles. The van der Waals surface area contributed by atoms with Crippen molar-refractivity contribution in [3.8, 4) is 11.5 Å². The van der Waals surface area contributed by atoms with Gasteiger partial charge < -0.3 is 25.6 Å². The van der Waals surface area contributed by atoms with E-state index in [1.165, 1.54) is 26.0 Å². The van der Waals surface area contributed by atoms with Gasteiger partial charge in [0.25, 0.3) is 5.91 Å².